The first-order valence-corrected chi connectivity index (χ1v) is 14.0. The second-order valence-electron chi connectivity index (χ2n) is 9.37. The molecule has 0 fully saturated rings. The molecular formula is C28H30N4O7S. The van der Waals surface area contributed by atoms with Crippen molar-refractivity contribution >= 4 is 39.4 Å². The predicted octanol–water partition coefficient (Wildman–Crippen LogP) is 3.32. The van der Waals surface area contributed by atoms with E-state index in [1.807, 2.05) is 0 Å². The minimum Gasteiger partial charge on any atom is -0.478 e. The second kappa shape index (κ2) is 12.5. The quantitative estimate of drug-likeness (QED) is 0.133. The smallest absolute Gasteiger partial charge is 0.336 e. The minimum absolute atomic E-state index is 0.0404. The molecule has 1 atom stereocenters. The Morgan fingerprint density at radius 3 is 2.10 bits per heavy atom. The summed E-state index contributed by atoms with van der Waals surface area (Å²) in [4.78, 5) is 38.3. The number of carboxylic acids is 1. The van der Waals surface area contributed by atoms with Gasteiger partial charge in [0, 0.05) is 22.4 Å². The molecule has 0 radical (unpaired) electrons. The van der Waals surface area contributed by atoms with Crippen LogP contribution in [0.1, 0.15) is 50.5 Å². The molecule has 0 saturated carbocycles. The van der Waals surface area contributed by atoms with Crippen LogP contribution >= 0.6 is 0 Å². The van der Waals surface area contributed by atoms with Gasteiger partial charge in [-0.15, -0.1) is 0 Å². The molecule has 12 heteroatoms. The summed E-state index contributed by atoms with van der Waals surface area (Å²) in [5.74, 6) is -2.68. The summed E-state index contributed by atoms with van der Waals surface area (Å²) < 4.78 is 27.6. The largest absolute Gasteiger partial charge is 0.478 e. The van der Waals surface area contributed by atoms with E-state index in [1.54, 1.807) is 62.4 Å². The van der Waals surface area contributed by atoms with E-state index in [0.717, 1.165) is 6.26 Å². The van der Waals surface area contributed by atoms with Crippen molar-refractivity contribution in [3.8, 4) is 11.1 Å². The number of carboxylic acid groups (broad SMARTS) is 1. The Labute approximate surface area is 232 Å². The van der Waals surface area contributed by atoms with E-state index >= 15 is 0 Å². The lowest BCUT2D eigenvalue weighted by atomic mass is 9.93. The average Bonchev–Trinajstić information content (AvgIpc) is 2.90. The molecule has 40 heavy (non-hydrogen) atoms. The van der Waals surface area contributed by atoms with Gasteiger partial charge in [-0.3, -0.25) is 19.2 Å². The van der Waals surface area contributed by atoms with Gasteiger partial charge in [0.1, 0.15) is 5.84 Å². The molecule has 0 aliphatic carbocycles. The van der Waals surface area contributed by atoms with Crippen molar-refractivity contribution in [2.24, 2.45) is 11.7 Å². The minimum atomic E-state index is -3.72. The summed E-state index contributed by atoms with van der Waals surface area (Å²) in [6, 6.07) is 16.3. The number of carbonyl (C=O) groups is 3. The van der Waals surface area contributed by atoms with Crippen molar-refractivity contribution in [3.63, 3.8) is 0 Å². The molecular weight excluding hydrogens is 536 g/mol. The molecule has 0 unspecified atom stereocenters. The zero-order valence-electron chi connectivity index (χ0n) is 22.1. The number of carbonyl (C=O) groups excluding carboxylic acids is 2. The summed E-state index contributed by atoms with van der Waals surface area (Å²) in [5, 5.41) is 22.9. The number of hydrogen-bond donors (Lipinski definition) is 5. The van der Waals surface area contributed by atoms with E-state index in [2.05, 4.69) is 10.6 Å². The molecule has 0 aliphatic rings. The van der Waals surface area contributed by atoms with Gasteiger partial charge < -0.3 is 21.5 Å². The lowest BCUT2D eigenvalue weighted by Crippen LogP contribution is -2.42. The zero-order valence-corrected chi connectivity index (χ0v) is 22.9. The number of aromatic carboxylic acids is 1. The average molecular weight is 567 g/mol. The topological polar surface area (TPSA) is 189 Å². The molecule has 0 spiro atoms. The van der Waals surface area contributed by atoms with Gasteiger partial charge >= 0.3 is 5.97 Å². The van der Waals surface area contributed by atoms with Crippen molar-refractivity contribution in [2.45, 2.75) is 19.9 Å². The third kappa shape index (κ3) is 7.74. The van der Waals surface area contributed by atoms with Crippen LogP contribution in [0.2, 0.25) is 0 Å². The highest BCUT2D eigenvalue weighted by Gasteiger charge is 2.23. The highest BCUT2D eigenvalue weighted by Crippen LogP contribution is 2.29. The van der Waals surface area contributed by atoms with Crippen LogP contribution < -0.4 is 16.4 Å². The van der Waals surface area contributed by atoms with E-state index in [9.17, 15) is 27.9 Å². The van der Waals surface area contributed by atoms with Crippen LogP contribution in [-0.2, 0) is 14.3 Å². The van der Waals surface area contributed by atoms with Crippen LogP contribution in [-0.4, -0.2) is 56.0 Å². The Hall–Kier alpha value is -4.55. The van der Waals surface area contributed by atoms with Crippen LogP contribution in [0.15, 0.2) is 66.7 Å². The molecule has 3 aromatic carbocycles. The summed E-state index contributed by atoms with van der Waals surface area (Å²) in [7, 11) is -3.72. The molecule has 0 heterocycles. The molecule has 6 N–H and O–H groups in total. The molecule has 3 rings (SSSR count). The molecule has 11 nitrogen and oxygen atoms in total. The van der Waals surface area contributed by atoms with Crippen LogP contribution in [0.4, 0.5) is 5.69 Å². The maximum Gasteiger partial charge on any atom is 0.336 e. The van der Waals surface area contributed by atoms with Gasteiger partial charge in [-0.2, -0.15) is 8.42 Å². The molecule has 0 aromatic heterocycles. The number of benzene rings is 3. The first-order valence-electron chi connectivity index (χ1n) is 12.1. The SMILES string of the molecule is CC(C)[C@@H](COS(C)(=O)=O)NC(=O)c1ccc(-c2ccccc2C(=O)Nc2ccc(C(=N)N)cc2)c(C(=O)O)c1. The first kappa shape index (κ1) is 30.0. The Bertz CT molecular complexity index is 1550. The standard InChI is InChI=1S/C28H30N4O7S/c1-16(2)24(15-39-40(3,37)38)32-26(33)18-10-13-21(23(14-18)28(35)36)20-6-4-5-7-22(20)27(34)31-19-11-8-17(9-12-19)25(29)30/h4-14,16,24H,15H2,1-3H3,(H3,29,30)(H,31,34)(H,32,33)(H,35,36)/t24-/m1/s1. The molecule has 3 aromatic rings. The van der Waals surface area contributed by atoms with Crippen LogP contribution in [0.3, 0.4) is 0 Å². The van der Waals surface area contributed by atoms with Gasteiger partial charge in [-0.05, 0) is 59.5 Å². The monoisotopic (exact) mass is 566 g/mol. The highest BCUT2D eigenvalue weighted by molar-refractivity contribution is 7.85. The Balaban J connectivity index is 1.91. The van der Waals surface area contributed by atoms with Gasteiger partial charge in [0.15, 0.2) is 0 Å². The van der Waals surface area contributed by atoms with Crippen molar-refractivity contribution < 1.29 is 32.1 Å². The zero-order chi connectivity index (χ0) is 29.6. The van der Waals surface area contributed by atoms with Crippen LogP contribution in [0.5, 0.6) is 0 Å². The number of amides is 2. The van der Waals surface area contributed by atoms with Gasteiger partial charge in [0.05, 0.1) is 24.5 Å². The maximum absolute atomic E-state index is 13.2. The fourth-order valence-electron chi connectivity index (χ4n) is 3.79. The number of amidine groups is 1. The molecule has 0 saturated heterocycles. The summed E-state index contributed by atoms with van der Waals surface area (Å²) in [6.45, 7) is 3.29. The summed E-state index contributed by atoms with van der Waals surface area (Å²) in [6.07, 6.45) is 0.909. The number of rotatable bonds is 11. The van der Waals surface area contributed by atoms with Crippen LogP contribution in [0.25, 0.3) is 11.1 Å². The fraction of sp³-hybridized carbons (Fsp3) is 0.214. The van der Waals surface area contributed by atoms with Crippen LogP contribution in [0, 0.1) is 11.3 Å². The van der Waals surface area contributed by atoms with Crippen molar-refractivity contribution in [1.29, 1.82) is 5.41 Å². The normalized spacial score (nSPS) is 12.0. The third-order valence-corrected chi connectivity index (χ3v) is 6.57. The molecule has 210 valence electrons. The van der Waals surface area contributed by atoms with E-state index in [0.29, 0.717) is 16.8 Å². The lowest BCUT2D eigenvalue weighted by Gasteiger charge is -2.22. The van der Waals surface area contributed by atoms with Crippen molar-refractivity contribution in [1.82, 2.24) is 5.32 Å². The Kier molecular flexibility index (Phi) is 9.40. The van der Waals surface area contributed by atoms with Gasteiger partial charge in [-0.25, -0.2) is 4.79 Å². The highest BCUT2D eigenvalue weighted by atomic mass is 32.2. The number of nitrogens with two attached hydrogens (primary N) is 1. The maximum atomic E-state index is 13.2. The van der Waals surface area contributed by atoms with E-state index in [1.165, 1.54) is 18.2 Å². The first-order chi connectivity index (χ1) is 18.8. The van der Waals surface area contributed by atoms with Gasteiger partial charge in [0.25, 0.3) is 21.9 Å². The molecule has 2 amide bonds. The third-order valence-electron chi connectivity index (χ3n) is 6.01. The number of nitrogen functional groups attached to an aromatic ring is 1. The predicted molar refractivity (Wildman–Crippen MR) is 151 cm³/mol. The molecule has 0 aliphatic heterocycles. The lowest BCUT2D eigenvalue weighted by molar-refractivity contribution is 0.0697. The summed E-state index contributed by atoms with van der Waals surface area (Å²) in [5.41, 5.74) is 7.03. The van der Waals surface area contributed by atoms with E-state index in [4.69, 9.17) is 15.3 Å². The number of anilines is 1. The van der Waals surface area contributed by atoms with Crippen molar-refractivity contribution in [2.75, 3.05) is 18.2 Å². The fourth-order valence-corrected chi connectivity index (χ4v) is 4.19. The van der Waals surface area contributed by atoms with Gasteiger partial charge in [-0.1, -0.05) is 38.1 Å². The van der Waals surface area contributed by atoms with Crippen molar-refractivity contribution in [3.05, 3.63) is 89.0 Å². The second-order valence-corrected chi connectivity index (χ2v) is 11.0. The van der Waals surface area contributed by atoms with E-state index < -0.39 is 33.9 Å². The number of nitrogens with one attached hydrogen (secondary N) is 3. The Morgan fingerprint density at radius 1 is 0.925 bits per heavy atom. The van der Waals surface area contributed by atoms with E-state index in [-0.39, 0.29) is 40.6 Å². The summed E-state index contributed by atoms with van der Waals surface area (Å²) >= 11 is 0. The molecule has 0 bridgehead atoms. The number of hydrogen-bond acceptors (Lipinski definition) is 7. The Morgan fingerprint density at radius 2 is 1.52 bits per heavy atom. The van der Waals surface area contributed by atoms with Gasteiger partial charge in [0.2, 0.25) is 0 Å².